The van der Waals surface area contributed by atoms with E-state index in [0.29, 0.717) is 18.0 Å². The van der Waals surface area contributed by atoms with Crippen molar-refractivity contribution in [2.45, 2.75) is 11.4 Å². The third-order valence-electron chi connectivity index (χ3n) is 4.00. The molecule has 7 nitrogen and oxygen atoms in total. The summed E-state index contributed by atoms with van der Waals surface area (Å²) in [4.78, 5) is 4.25. The number of fused-ring (bicyclic) bond motifs is 1. The van der Waals surface area contributed by atoms with Crippen LogP contribution in [0.15, 0.2) is 71.8 Å². The molecule has 0 amide bonds. The second kappa shape index (κ2) is 7.16. The molecule has 4 rings (SSSR count). The van der Waals surface area contributed by atoms with E-state index in [1.165, 1.54) is 12.1 Å². The van der Waals surface area contributed by atoms with E-state index in [2.05, 4.69) is 15.0 Å². The average molecular weight is 383 g/mol. The van der Waals surface area contributed by atoms with E-state index in [-0.39, 0.29) is 17.5 Å². The van der Waals surface area contributed by atoms with Crippen LogP contribution >= 0.6 is 0 Å². The molecule has 2 aromatic carbocycles. The maximum absolute atomic E-state index is 12.5. The molecule has 0 bridgehead atoms. The highest BCUT2D eigenvalue weighted by Crippen LogP contribution is 2.34. The van der Waals surface area contributed by atoms with Crippen molar-refractivity contribution in [3.63, 3.8) is 0 Å². The zero-order valence-corrected chi connectivity index (χ0v) is 15.1. The smallest absolute Gasteiger partial charge is 0.263 e. The summed E-state index contributed by atoms with van der Waals surface area (Å²) in [5.41, 5.74) is 1.94. The van der Waals surface area contributed by atoms with E-state index in [1.807, 2.05) is 30.3 Å². The molecule has 138 valence electrons. The van der Waals surface area contributed by atoms with Gasteiger partial charge in [0.15, 0.2) is 11.5 Å². The van der Waals surface area contributed by atoms with Crippen molar-refractivity contribution in [2.24, 2.45) is 0 Å². The largest absolute Gasteiger partial charge is 0.454 e. The number of nitrogens with zero attached hydrogens (tertiary/aromatic N) is 1. The van der Waals surface area contributed by atoms with Crippen molar-refractivity contribution in [3.8, 4) is 11.5 Å². The van der Waals surface area contributed by atoms with Gasteiger partial charge < -0.3 is 14.8 Å². The maximum atomic E-state index is 12.5. The maximum Gasteiger partial charge on any atom is 0.263 e. The van der Waals surface area contributed by atoms with Crippen LogP contribution in [0, 0.1) is 0 Å². The SMILES string of the molecule is O=S(=O)(Nc1ccc(NCc2ccccc2)cn1)c1ccc2c(c1)OCO2. The van der Waals surface area contributed by atoms with E-state index in [9.17, 15) is 8.42 Å². The number of ether oxygens (including phenoxy) is 2. The third-order valence-corrected chi connectivity index (χ3v) is 5.35. The zero-order valence-electron chi connectivity index (χ0n) is 14.3. The Hall–Kier alpha value is -3.26. The van der Waals surface area contributed by atoms with Crippen molar-refractivity contribution in [1.29, 1.82) is 0 Å². The van der Waals surface area contributed by atoms with Crippen molar-refractivity contribution in [2.75, 3.05) is 16.8 Å². The van der Waals surface area contributed by atoms with Gasteiger partial charge >= 0.3 is 0 Å². The number of benzene rings is 2. The molecule has 0 spiro atoms. The molecule has 1 aliphatic rings. The number of sulfonamides is 1. The zero-order chi connectivity index (χ0) is 18.7. The van der Waals surface area contributed by atoms with E-state index in [0.717, 1.165) is 11.3 Å². The van der Waals surface area contributed by atoms with Crippen LogP contribution in [0.3, 0.4) is 0 Å². The fraction of sp³-hybridized carbons (Fsp3) is 0.105. The third kappa shape index (κ3) is 3.95. The Morgan fingerprint density at radius 1 is 0.963 bits per heavy atom. The molecule has 0 aliphatic carbocycles. The Kier molecular flexibility index (Phi) is 4.55. The highest BCUT2D eigenvalue weighted by atomic mass is 32.2. The summed E-state index contributed by atoms with van der Waals surface area (Å²) >= 11 is 0. The molecule has 0 atom stereocenters. The van der Waals surface area contributed by atoms with Crippen molar-refractivity contribution in [3.05, 3.63) is 72.4 Å². The van der Waals surface area contributed by atoms with Gasteiger partial charge in [0.2, 0.25) is 6.79 Å². The lowest BCUT2D eigenvalue weighted by atomic mass is 10.2. The number of rotatable bonds is 6. The number of anilines is 2. The molecule has 2 N–H and O–H groups in total. The molecule has 0 unspecified atom stereocenters. The molecule has 0 radical (unpaired) electrons. The summed E-state index contributed by atoms with van der Waals surface area (Å²) in [6.07, 6.45) is 1.58. The molecular weight excluding hydrogens is 366 g/mol. The Morgan fingerprint density at radius 3 is 2.56 bits per heavy atom. The van der Waals surface area contributed by atoms with Crippen LogP contribution in [0.5, 0.6) is 11.5 Å². The van der Waals surface area contributed by atoms with Gasteiger partial charge in [-0.15, -0.1) is 0 Å². The predicted octanol–water partition coefficient (Wildman–Crippen LogP) is 3.22. The standard InChI is InChI=1S/C19H17N3O4S/c23-27(24,16-7-8-17-18(10-16)26-13-25-17)22-19-9-6-15(12-21-19)20-11-14-4-2-1-3-5-14/h1-10,12,20H,11,13H2,(H,21,22). The van der Waals surface area contributed by atoms with Gasteiger partial charge in [-0.3, -0.25) is 4.72 Å². The van der Waals surface area contributed by atoms with Crippen LogP contribution < -0.4 is 19.5 Å². The Balaban J connectivity index is 1.43. The van der Waals surface area contributed by atoms with Gasteiger partial charge in [-0.25, -0.2) is 13.4 Å². The average Bonchev–Trinajstić information content (AvgIpc) is 3.16. The molecule has 3 aromatic rings. The Morgan fingerprint density at radius 2 is 1.78 bits per heavy atom. The Bertz CT molecular complexity index is 1040. The first-order valence-corrected chi connectivity index (χ1v) is 9.75. The summed E-state index contributed by atoms with van der Waals surface area (Å²) in [5.74, 6) is 1.17. The highest BCUT2D eigenvalue weighted by Gasteiger charge is 2.20. The fourth-order valence-electron chi connectivity index (χ4n) is 2.60. The summed E-state index contributed by atoms with van der Waals surface area (Å²) in [7, 11) is -3.77. The van der Waals surface area contributed by atoms with Gasteiger partial charge in [-0.1, -0.05) is 30.3 Å². The van der Waals surface area contributed by atoms with Crippen LogP contribution in [-0.2, 0) is 16.6 Å². The molecule has 0 fully saturated rings. The minimum atomic E-state index is -3.77. The van der Waals surface area contributed by atoms with E-state index in [1.54, 1.807) is 24.4 Å². The van der Waals surface area contributed by atoms with Gasteiger partial charge in [0.1, 0.15) is 5.82 Å². The molecule has 1 aromatic heterocycles. The van der Waals surface area contributed by atoms with Crippen LogP contribution in [0.4, 0.5) is 11.5 Å². The van der Waals surface area contributed by atoms with E-state index < -0.39 is 10.0 Å². The molecule has 0 saturated heterocycles. The summed E-state index contributed by atoms with van der Waals surface area (Å²) in [5, 5.41) is 3.24. The molecular formula is C19H17N3O4S. The molecule has 1 aliphatic heterocycles. The number of aromatic nitrogens is 1. The van der Waals surface area contributed by atoms with Crippen molar-refractivity contribution in [1.82, 2.24) is 4.98 Å². The minimum Gasteiger partial charge on any atom is -0.454 e. The number of hydrogen-bond donors (Lipinski definition) is 2. The fourth-order valence-corrected chi connectivity index (χ4v) is 3.62. The van der Waals surface area contributed by atoms with Crippen molar-refractivity contribution >= 4 is 21.5 Å². The van der Waals surface area contributed by atoms with Crippen LogP contribution in [0.2, 0.25) is 0 Å². The van der Waals surface area contributed by atoms with Gasteiger partial charge in [0, 0.05) is 12.6 Å². The molecule has 27 heavy (non-hydrogen) atoms. The number of hydrogen-bond acceptors (Lipinski definition) is 6. The van der Waals surface area contributed by atoms with Gasteiger partial charge in [-0.2, -0.15) is 0 Å². The van der Waals surface area contributed by atoms with Gasteiger partial charge in [0.05, 0.1) is 16.8 Å². The predicted molar refractivity (Wildman–Crippen MR) is 101 cm³/mol. The first-order chi connectivity index (χ1) is 13.1. The summed E-state index contributed by atoms with van der Waals surface area (Å²) in [6.45, 7) is 0.746. The number of pyridine rings is 1. The lowest BCUT2D eigenvalue weighted by Gasteiger charge is -2.10. The summed E-state index contributed by atoms with van der Waals surface area (Å²) in [6, 6.07) is 17.8. The monoisotopic (exact) mass is 383 g/mol. The topological polar surface area (TPSA) is 89.6 Å². The molecule has 2 heterocycles. The van der Waals surface area contributed by atoms with Crippen LogP contribution in [0.1, 0.15) is 5.56 Å². The summed E-state index contributed by atoms with van der Waals surface area (Å²) < 4.78 is 38.0. The lowest BCUT2D eigenvalue weighted by Crippen LogP contribution is -2.14. The first kappa shape index (κ1) is 17.2. The molecule has 8 heteroatoms. The second-order valence-electron chi connectivity index (χ2n) is 5.89. The normalized spacial score (nSPS) is 12.6. The van der Waals surface area contributed by atoms with Gasteiger partial charge in [0.25, 0.3) is 10.0 Å². The first-order valence-electron chi connectivity index (χ1n) is 8.26. The van der Waals surface area contributed by atoms with Crippen LogP contribution in [0.25, 0.3) is 0 Å². The minimum absolute atomic E-state index is 0.0832. The Labute approximate surface area is 157 Å². The quantitative estimate of drug-likeness (QED) is 0.679. The second-order valence-corrected chi connectivity index (χ2v) is 7.57. The van der Waals surface area contributed by atoms with Gasteiger partial charge in [-0.05, 0) is 29.8 Å². The van der Waals surface area contributed by atoms with Crippen molar-refractivity contribution < 1.29 is 17.9 Å². The van der Waals surface area contributed by atoms with Crippen LogP contribution in [-0.4, -0.2) is 20.2 Å². The molecule has 0 saturated carbocycles. The van der Waals surface area contributed by atoms with E-state index >= 15 is 0 Å². The lowest BCUT2D eigenvalue weighted by molar-refractivity contribution is 0.174. The number of nitrogens with one attached hydrogen (secondary N) is 2. The highest BCUT2D eigenvalue weighted by molar-refractivity contribution is 7.92. The van der Waals surface area contributed by atoms with E-state index in [4.69, 9.17) is 9.47 Å².